The molecule has 0 aliphatic carbocycles. The van der Waals surface area contributed by atoms with Gasteiger partial charge in [0.25, 0.3) is 5.56 Å². The van der Waals surface area contributed by atoms with Crippen LogP contribution in [0.3, 0.4) is 0 Å². The van der Waals surface area contributed by atoms with E-state index in [0.717, 1.165) is 18.6 Å². The van der Waals surface area contributed by atoms with Gasteiger partial charge < -0.3 is 14.2 Å². The van der Waals surface area contributed by atoms with Crippen LogP contribution in [0.5, 0.6) is 5.75 Å². The van der Waals surface area contributed by atoms with Crippen LogP contribution in [0.2, 0.25) is 5.15 Å². The molecule has 6 nitrogen and oxygen atoms in total. The van der Waals surface area contributed by atoms with Crippen molar-refractivity contribution in [2.75, 3.05) is 18.0 Å². The molecule has 0 unspecified atom stereocenters. The molecule has 1 aliphatic heterocycles. The number of piperidine rings is 1. The molecule has 1 saturated heterocycles. The summed E-state index contributed by atoms with van der Waals surface area (Å²) in [5.74, 6) is 0.863. The van der Waals surface area contributed by atoms with E-state index in [1.54, 1.807) is 19.2 Å². The molecule has 3 aromatic rings. The first-order valence-electron chi connectivity index (χ1n) is 10.8. The summed E-state index contributed by atoms with van der Waals surface area (Å²) in [6, 6.07) is 13.8. The molecule has 166 valence electrons. The Labute approximate surface area is 193 Å². The van der Waals surface area contributed by atoms with Crippen LogP contribution in [0.4, 0.5) is 5.69 Å². The molecule has 0 bridgehead atoms. The average Bonchev–Trinajstić information content (AvgIpc) is 2.76. The van der Waals surface area contributed by atoms with Crippen LogP contribution < -0.4 is 15.2 Å². The summed E-state index contributed by atoms with van der Waals surface area (Å²) in [6.07, 6.45) is 1.64. The number of halogens is 1. The van der Waals surface area contributed by atoms with Gasteiger partial charge in [-0.25, -0.2) is 4.98 Å². The number of pyridine rings is 2. The Morgan fingerprint density at radius 3 is 2.38 bits per heavy atom. The van der Waals surface area contributed by atoms with E-state index >= 15 is 0 Å². The third-order valence-corrected chi connectivity index (χ3v) is 6.28. The van der Waals surface area contributed by atoms with Gasteiger partial charge in [-0.05, 0) is 35.2 Å². The molecule has 4 rings (SSSR count). The number of hydrogen-bond acceptors (Lipinski definition) is 5. The topological polar surface area (TPSA) is 71.2 Å². The number of rotatable bonds is 3. The van der Waals surface area contributed by atoms with Gasteiger partial charge in [-0.15, -0.1) is 0 Å². The van der Waals surface area contributed by atoms with Gasteiger partial charge in [-0.2, -0.15) is 5.26 Å². The zero-order chi connectivity index (χ0) is 23.0. The molecule has 0 spiro atoms. The van der Waals surface area contributed by atoms with Gasteiger partial charge in [0.1, 0.15) is 34.2 Å². The van der Waals surface area contributed by atoms with Gasteiger partial charge in [0.2, 0.25) is 0 Å². The Morgan fingerprint density at radius 2 is 1.78 bits per heavy atom. The van der Waals surface area contributed by atoms with E-state index in [4.69, 9.17) is 16.3 Å². The maximum Gasteiger partial charge on any atom is 0.270 e. The molecule has 32 heavy (non-hydrogen) atoms. The molecular weight excluding hydrogens is 424 g/mol. The average molecular weight is 451 g/mol. The molecule has 7 heteroatoms. The number of ether oxygens (including phenoxy) is 1. The quantitative estimate of drug-likeness (QED) is 0.536. The molecule has 0 saturated carbocycles. The maximum atomic E-state index is 12.8. The summed E-state index contributed by atoms with van der Waals surface area (Å²) in [7, 11) is 1.65. The number of aryl methyl sites for hydroxylation is 1. The van der Waals surface area contributed by atoms with Crippen LogP contribution in [-0.2, 0) is 12.5 Å². The molecule has 0 atom stereocenters. The molecule has 1 aliphatic rings. The summed E-state index contributed by atoms with van der Waals surface area (Å²) in [5, 5.41) is 10.1. The van der Waals surface area contributed by atoms with Crippen molar-refractivity contribution >= 4 is 28.3 Å². The second-order valence-corrected chi connectivity index (χ2v) is 9.67. The number of fused-ring (bicyclic) bond motifs is 1. The monoisotopic (exact) mass is 450 g/mol. The van der Waals surface area contributed by atoms with Crippen molar-refractivity contribution in [3.8, 4) is 11.8 Å². The van der Waals surface area contributed by atoms with E-state index in [1.807, 2.05) is 12.1 Å². The Bertz CT molecular complexity index is 1240. The number of anilines is 1. The van der Waals surface area contributed by atoms with Crippen molar-refractivity contribution in [2.45, 2.75) is 45.1 Å². The van der Waals surface area contributed by atoms with Crippen LogP contribution in [-0.4, -0.2) is 28.7 Å². The highest BCUT2D eigenvalue weighted by molar-refractivity contribution is 6.29. The van der Waals surface area contributed by atoms with Crippen LogP contribution in [0, 0.1) is 11.3 Å². The largest absolute Gasteiger partial charge is 0.490 e. The second-order valence-electron chi connectivity index (χ2n) is 9.28. The highest BCUT2D eigenvalue weighted by Crippen LogP contribution is 2.31. The second kappa shape index (κ2) is 8.48. The number of nitrogens with zero attached hydrogens (tertiary/aromatic N) is 4. The number of aromatic nitrogens is 2. The van der Waals surface area contributed by atoms with Crippen molar-refractivity contribution < 1.29 is 4.74 Å². The highest BCUT2D eigenvalue weighted by atomic mass is 35.5. The predicted octanol–water partition coefficient (Wildman–Crippen LogP) is 4.80. The van der Waals surface area contributed by atoms with Crippen molar-refractivity contribution in [1.82, 2.24) is 9.55 Å². The number of benzene rings is 1. The fourth-order valence-corrected chi connectivity index (χ4v) is 4.35. The lowest BCUT2D eigenvalue weighted by molar-refractivity contribution is 0.171. The van der Waals surface area contributed by atoms with E-state index in [2.05, 4.69) is 48.9 Å². The zero-order valence-electron chi connectivity index (χ0n) is 18.9. The molecule has 2 aromatic heterocycles. The fraction of sp³-hybridized carbons (Fsp3) is 0.400. The fourth-order valence-electron chi connectivity index (χ4n) is 4.20. The van der Waals surface area contributed by atoms with E-state index in [-0.39, 0.29) is 22.6 Å². The minimum absolute atomic E-state index is 0.0756. The number of nitriles is 1. The van der Waals surface area contributed by atoms with Crippen LogP contribution in [0.1, 0.15) is 44.7 Å². The van der Waals surface area contributed by atoms with Gasteiger partial charge in [0.15, 0.2) is 0 Å². The third-order valence-electron chi connectivity index (χ3n) is 6.07. The van der Waals surface area contributed by atoms with Crippen molar-refractivity contribution in [3.63, 3.8) is 0 Å². The van der Waals surface area contributed by atoms with Gasteiger partial charge in [-0.3, -0.25) is 4.79 Å². The smallest absolute Gasteiger partial charge is 0.270 e. The highest BCUT2D eigenvalue weighted by Gasteiger charge is 2.27. The van der Waals surface area contributed by atoms with E-state index in [9.17, 15) is 10.1 Å². The molecule has 0 radical (unpaired) electrons. The first-order valence-corrected chi connectivity index (χ1v) is 11.2. The zero-order valence-corrected chi connectivity index (χ0v) is 19.6. The van der Waals surface area contributed by atoms with Crippen LogP contribution >= 0.6 is 11.6 Å². The van der Waals surface area contributed by atoms with Gasteiger partial charge in [0.05, 0.1) is 11.2 Å². The van der Waals surface area contributed by atoms with Crippen molar-refractivity contribution in [1.29, 1.82) is 5.26 Å². The molecule has 0 amide bonds. The van der Waals surface area contributed by atoms with E-state index in [1.165, 1.54) is 10.1 Å². The third kappa shape index (κ3) is 4.18. The number of hydrogen-bond donors (Lipinski definition) is 0. The normalized spacial score (nSPS) is 15.1. The Balaban J connectivity index is 1.56. The minimum Gasteiger partial charge on any atom is -0.490 e. The first kappa shape index (κ1) is 22.2. The van der Waals surface area contributed by atoms with Crippen LogP contribution in [0.15, 0.2) is 41.2 Å². The van der Waals surface area contributed by atoms with Gasteiger partial charge in [0, 0.05) is 33.0 Å². The Morgan fingerprint density at radius 1 is 1.12 bits per heavy atom. The van der Waals surface area contributed by atoms with E-state index in [0.29, 0.717) is 35.0 Å². The lowest BCUT2D eigenvalue weighted by atomic mass is 9.87. The summed E-state index contributed by atoms with van der Waals surface area (Å²) in [4.78, 5) is 19.3. The van der Waals surface area contributed by atoms with E-state index < -0.39 is 0 Å². The van der Waals surface area contributed by atoms with Gasteiger partial charge >= 0.3 is 0 Å². The standard InChI is InChI=1S/C25H27ClN4O2/c1-25(2,3)16-5-7-17(8-6-16)32-18-11-13-30(14-12-18)23-19(15-27)24(31)29(4)20-9-10-21(26)28-22(20)23/h5-10,18H,11-14H2,1-4H3. The summed E-state index contributed by atoms with van der Waals surface area (Å²) in [6.45, 7) is 7.90. The summed E-state index contributed by atoms with van der Waals surface area (Å²) in [5.41, 5.74) is 2.96. The van der Waals surface area contributed by atoms with Crippen LogP contribution in [0.25, 0.3) is 11.0 Å². The van der Waals surface area contributed by atoms with Crippen molar-refractivity contribution in [3.05, 3.63) is 63.0 Å². The minimum atomic E-state index is -0.323. The summed E-state index contributed by atoms with van der Waals surface area (Å²) < 4.78 is 7.68. The van der Waals surface area contributed by atoms with Crippen molar-refractivity contribution in [2.24, 2.45) is 7.05 Å². The SMILES string of the molecule is Cn1c(=O)c(C#N)c(N2CCC(Oc3ccc(C(C)(C)C)cc3)CC2)c2nc(Cl)ccc21. The predicted molar refractivity (Wildman–Crippen MR) is 128 cm³/mol. The lowest BCUT2D eigenvalue weighted by Crippen LogP contribution is -2.40. The molecule has 1 fully saturated rings. The molecular formula is C25H27ClN4O2. The molecule has 1 aromatic carbocycles. The molecule has 3 heterocycles. The summed E-state index contributed by atoms with van der Waals surface area (Å²) >= 11 is 6.15. The Hall–Kier alpha value is -3.04. The maximum absolute atomic E-state index is 12.8. The Kier molecular flexibility index (Phi) is 5.87. The first-order chi connectivity index (χ1) is 15.2. The van der Waals surface area contributed by atoms with Gasteiger partial charge in [-0.1, -0.05) is 44.5 Å². The lowest BCUT2D eigenvalue weighted by Gasteiger charge is -2.34. The molecule has 0 N–H and O–H groups in total.